The van der Waals surface area contributed by atoms with Gasteiger partial charge < -0.3 is 20.5 Å². The normalized spacial score (nSPS) is 17.7. The van der Waals surface area contributed by atoms with Crippen LogP contribution in [0.15, 0.2) is 72.9 Å². The first kappa shape index (κ1) is 22.1. The van der Waals surface area contributed by atoms with E-state index in [1.807, 2.05) is 60.7 Å². The Morgan fingerprint density at radius 3 is 2.65 bits per heavy atom. The lowest BCUT2D eigenvalue weighted by molar-refractivity contribution is -0.116. The summed E-state index contributed by atoms with van der Waals surface area (Å²) in [5.41, 5.74) is 5.11. The van der Waals surface area contributed by atoms with E-state index in [1.54, 1.807) is 6.20 Å². The molecule has 4 aromatic rings. The number of carbonyl (C=O) groups is 1. The maximum atomic E-state index is 13.0. The van der Waals surface area contributed by atoms with Gasteiger partial charge in [0, 0.05) is 41.6 Å². The van der Waals surface area contributed by atoms with Gasteiger partial charge in [0.15, 0.2) is 5.11 Å². The van der Waals surface area contributed by atoms with Crippen LogP contribution in [-0.2, 0) is 4.79 Å². The fourth-order valence-electron chi connectivity index (χ4n) is 4.81. The molecule has 0 radical (unpaired) electrons. The van der Waals surface area contributed by atoms with E-state index in [0.717, 1.165) is 39.1 Å². The molecular weight excluding hydrogens is 442 g/mol. The molecule has 172 valence electrons. The maximum absolute atomic E-state index is 13.0. The highest BCUT2D eigenvalue weighted by molar-refractivity contribution is 7.80. The first-order valence-electron chi connectivity index (χ1n) is 11.4. The Hall–Kier alpha value is -3.71. The number of anilines is 1. The number of nitrogens with one attached hydrogen (secondary N) is 3. The number of benzene rings is 2. The zero-order chi connectivity index (χ0) is 23.7. The minimum absolute atomic E-state index is 0.0406. The summed E-state index contributed by atoms with van der Waals surface area (Å²) in [5.74, 6) is -0.0406. The molecule has 1 fully saturated rings. The molecule has 0 aliphatic carbocycles. The average Bonchev–Trinajstić information content (AvgIpc) is 3.35. The Morgan fingerprint density at radius 1 is 1.09 bits per heavy atom. The minimum atomic E-state index is -0.0938. The predicted octanol–water partition coefficient (Wildman–Crippen LogP) is 5.18. The maximum Gasteiger partial charge on any atom is 0.226 e. The van der Waals surface area contributed by atoms with Crippen LogP contribution in [0.4, 0.5) is 5.69 Å². The van der Waals surface area contributed by atoms with Crippen LogP contribution in [0, 0.1) is 13.8 Å². The molecule has 3 N–H and O–H groups in total. The van der Waals surface area contributed by atoms with Gasteiger partial charge in [-0.2, -0.15) is 0 Å². The quantitative estimate of drug-likeness (QED) is 0.339. The van der Waals surface area contributed by atoms with Crippen molar-refractivity contribution in [2.24, 2.45) is 0 Å². The summed E-state index contributed by atoms with van der Waals surface area (Å²) in [6.07, 6.45) is 2.12. The molecule has 1 amide bonds. The summed E-state index contributed by atoms with van der Waals surface area (Å²) < 4.78 is 0. The number of aryl methyl sites for hydroxylation is 2. The standard InChI is InChI=1S/C27H27N5OS/c1-17-16-21(18(2)29-17)26-25(23-11-5-6-14-28-23)31-27(34)32(26)15-13-24(33)30-22-12-7-9-19-8-3-4-10-20(19)22/h3-12,14,16,25-26,29H,13,15H2,1-2H3,(H,30,33)(H,31,34). The van der Waals surface area contributed by atoms with Crippen molar-refractivity contribution in [1.82, 2.24) is 20.2 Å². The second-order valence-electron chi connectivity index (χ2n) is 8.68. The fourth-order valence-corrected chi connectivity index (χ4v) is 5.14. The van der Waals surface area contributed by atoms with Gasteiger partial charge in [0.25, 0.3) is 0 Å². The molecule has 1 saturated heterocycles. The Labute approximate surface area is 204 Å². The third kappa shape index (κ3) is 4.26. The Morgan fingerprint density at radius 2 is 1.88 bits per heavy atom. The molecule has 7 heteroatoms. The van der Waals surface area contributed by atoms with Crippen molar-refractivity contribution < 1.29 is 4.79 Å². The van der Waals surface area contributed by atoms with E-state index in [9.17, 15) is 4.79 Å². The third-order valence-electron chi connectivity index (χ3n) is 6.35. The molecule has 3 heterocycles. The minimum Gasteiger partial charge on any atom is -0.362 e. The largest absolute Gasteiger partial charge is 0.362 e. The SMILES string of the molecule is Cc1cc(C2C(c3ccccn3)NC(=S)N2CCC(=O)Nc2cccc3ccccc23)c(C)[nH]1. The van der Waals surface area contributed by atoms with Crippen LogP contribution in [-0.4, -0.2) is 32.4 Å². The number of pyridine rings is 1. The van der Waals surface area contributed by atoms with E-state index >= 15 is 0 Å². The van der Waals surface area contributed by atoms with Gasteiger partial charge >= 0.3 is 0 Å². The fraction of sp³-hybridized carbons (Fsp3) is 0.222. The van der Waals surface area contributed by atoms with E-state index in [-0.39, 0.29) is 18.0 Å². The summed E-state index contributed by atoms with van der Waals surface area (Å²) in [6, 6.07) is 21.9. The number of thiocarbonyl (C=S) groups is 1. The number of rotatable bonds is 6. The number of hydrogen-bond acceptors (Lipinski definition) is 3. The van der Waals surface area contributed by atoms with Crippen molar-refractivity contribution in [3.05, 3.63) is 95.6 Å². The Balaban J connectivity index is 1.37. The lowest BCUT2D eigenvalue weighted by atomic mass is 9.96. The van der Waals surface area contributed by atoms with Gasteiger partial charge in [-0.25, -0.2) is 0 Å². The molecule has 1 aliphatic heterocycles. The number of hydrogen-bond donors (Lipinski definition) is 3. The number of H-pyrrole nitrogens is 1. The van der Waals surface area contributed by atoms with Crippen molar-refractivity contribution in [1.29, 1.82) is 0 Å². The molecule has 0 bridgehead atoms. The van der Waals surface area contributed by atoms with Gasteiger partial charge in [-0.1, -0.05) is 42.5 Å². The lowest BCUT2D eigenvalue weighted by Crippen LogP contribution is -2.32. The lowest BCUT2D eigenvalue weighted by Gasteiger charge is -2.27. The summed E-state index contributed by atoms with van der Waals surface area (Å²) >= 11 is 5.73. The highest BCUT2D eigenvalue weighted by Gasteiger charge is 2.40. The van der Waals surface area contributed by atoms with Crippen LogP contribution in [0.2, 0.25) is 0 Å². The van der Waals surface area contributed by atoms with Gasteiger partial charge in [-0.15, -0.1) is 0 Å². The molecule has 1 aliphatic rings. The van der Waals surface area contributed by atoms with Crippen LogP contribution < -0.4 is 10.6 Å². The van der Waals surface area contributed by atoms with Gasteiger partial charge in [-0.3, -0.25) is 9.78 Å². The average molecular weight is 470 g/mol. The van der Waals surface area contributed by atoms with Gasteiger partial charge in [0.2, 0.25) is 5.91 Å². The molecule has 2 aromatic heterocycles. The number of carbonyl (C=O) groups excluding carboxylic acids is 1. The molecule has 5 rings (SSSR count). The monoisotopic (exact) mass is 469 g/mol. The van der Waals surface area contributed by atoms with Crippen molar-refractivity contribution in [3.8, 4) is 0 Å². The summed E-state index contributed by atoms with van der Waals surface area (Å²) in [7, 11) is 0. The predicted molar refractivity (Wildman–Crippen MR) is 140 cm³/mol. The number of fused-ring (bicyclic) bond motifs is 1. The Bertz CT molecular complexity index is 1340. The molecule has 34 heavy (non-hydrogen) atoms. The highest BCUT2D eigenvalue weighted by Crippen LogP contribution is 2.40. The zero-order valence-electron chi connectivity index (χ0n) is 19.2. The van der Waals surface area contributed by atoms with Crippen molar-refractivity contribution in [2.75, 3.05) is 11.9 Å². The molecular formula is C27H27N5OS. The number of nitrogens with zero attached hydrogens (tertiary/aromatic N) is 2. The van der Waals surface area contributed by atoms with Gasteiger partial charge in [0.05, 0.1) is 17.8 Å². The third-order valence-corrected chi connectivity index (χ3v) is 6.70. The molecule has 2 atom stereocenters. The van der Waals surface area contributed by atoms with Crippen molar-refractivity contribution >= 4 is 39.7 Å². The number of amides is 1. The van der Waals surface area contributed by atoms with Gasteiger partial charge in [0.1, 0.15) is 0 Å². The van der Waals surface area contributed by atoms with Crippen LogP contribution >= 0.6 is 12.2 Å². The summed E-state index contributed by atoms with van der Waals surface area (Å²) in [5, 5.41) is 9.31. The van der Waals surface area contributed by atoms with E-state index in [2.05, 4.69) is 45.4 Å². The first-order chi connectivity index (χ1) is 16.5. The van der Waals surface area contributed by atoms with Crippen LogP contribution in [0.5, 0.6) is 0 Å². The second kappa shape index (κ2) is 9.27. The van der Waals surface area contributed by atoms with E-state index in [0.29, 0.717) is 18.1 Å². The molecule has 0 saturated carbocycles. The van der Waals surface area contributed by atoms with Crippen LogP contribution in [0.25, 0.3) is 10.8 Å². The van der Waals surface area contributed by atoms with Gasteiger partial charge in [-0.05, 0) is 61.3 Å². The molecule has 2 aromatic carbocycles. The molecule has 2 unspecified atom stereocenters. The smallest absolute Gasteiger partial charge is 0.226 e. The second-order valence-corrected chi connectivity index (χ2v) is 9.06. The molecule has 0 spiro atoms. The highest BCUT2D eigenvalue weighted by atomic mass is 32.1. The zero-order valence-corrected chi connectivity index (χ0v) is 20.0. The van der Waals surface area contributed by atoms with Crippen molar-refractivity contribution in [2.45, 2.75) is 32.4 Å². The van der Waals surface area contributed by atoms with E-state index in [4.69, 9.17) is 12.2 Å². The van der Waals surface area contributed by atoms with Crippen molar-refractivity contribution in [3.63, 3.8) is 0 Å². The number of aromatic nitrogens is 2. The van der Waals surface area contributed by atoms with Crippen LogP contribution in [0.3, 0.4) is 0 Å². The van der Waals surface area contributed by atoms with Crippen LogP contribution in [0.1, 0.15) is 41.1 Å². The number of aromatic amines is 1. The van der Waals surface area contributed by atoms with E-state index < -0.39 is 0 Å². The Kier molecular flexibility index (Phi) is 6.02. The molecule has 6 nitrogen and oxygen atoms in total. The summed E-state index contributed by atoms with van der Waals surface area (Å²) in [6.45, 7) is 4.62. The summed E-state index contributed by atoms with van der Waals surface area (Å²) in [4.78, 5) is 23.1. The van der Waals surface area contributed by atoms with E-state index in [1.165, 1.54) is 0 Å². The topological polar surface area (TPSA) is 73.1 Å². The first-order valence-corrected chi connectivity index (χ1v) is 11.8.